The molecule has 0 spiro atoms. The van der Waals surface area contributed by atoms with E-state index >= 15 is 0 Å². The second kappa shape index (κ2) is 17.8. The molecule has 0 fully saturated rings. The molecule has 0 bridgehead atoms. The van der Waals surface area contributed by atoms with Crippen LogP contribution < -0.4 is 10.6 Å². The van der Waals surface area contributed by atoms with Crippen molar-refractivity contribution in [3.05, 3.63) is 12.2 Å². The van der Waals surface area contributed by atoms with Gasteiger partial charge in [-0.1, -0.05) is 58.6 Å². The monoisotopic (exact) mass is 523 g/mol. The molecule has 0 saturated carbocycles. The van der Waals surface area contributed by atoms with Crippen LogP contribution in [0.3, 0.4) is 0 Å². The van der Waals surface area contributed by atoms with E-state index in [1.165, 1.54) is 11.3 Å². The smallest absolute Gasteiger partial charge is 0.408 e. The first-order valence-corrected chi connectivity index (χ1v) is 13.9. The van der Waals surface area contributed by atoms with Crippen molar-refractivity contribution in [1.29, 1.82) is 0 Å². The lowest BCUT2D eigenvalue weighted by atomic mass is 9.94. The Hall–Kier alpha value is -2.58. The van der Waals surface area contributed by atoms with E-state index in [-0.39, 0.29) is 24.3 Å². The summed E-state index contributed by atoms with van der Waals surface area (Å²) in [5.74, 6) is -2.50. The number of alkyl carbamates (subject to hydrolysis) is 1. The van der Waals surface area contributed by atoms with Crippen LogP contribution in [-0.4, -0.2) is 66.2 Å². The van der Waals surface area contributed by atoms with Crippen molar-refractivity contribution in [2.75, 3.05) is 14.1 Å². The van der Waals surface area contributed by atoms with E-state index in [0.717, 1.165) is 44.9 Å². The van der Waals surface area contributed by atoms with E-state index in [2.05, 4.69) is 17.6 Å². The van der Waals surface area contributed by atoms with E-state index in [0.29, 0.717) is 19.3 Å². The molecule has 1 rings (SSSR count). The number of hydrogen-bond acceptors (Lipinski definition) is 5. The van der Waals surface area contributed by atoms with Crippen LogP contribution >= 0.6 is 0 Å². The van der Waals surface area contributed by atoms with Crippen LogP contribution in [0, 0.1) is 11.8 Å². The molecule has 0 radical (unpaired) electrons. The Morgan fingerprint density at radius 3 is 2.43 bits per heavy atom. The number of carboxylic acid groups (broad SMARTS) is 1. The molecular formula is C28H49N3O6. The number of nitrogens with one attached hydrogen (secondary N) is 2. The fourth-order valence-corrected chi connectivity index (χ4v) is 4.55. The van der Waals surface area contributed by atoms with Crippen molar-refractivity contribution in [1.82, 2.24) is 15.5 Å². The molecule has 1 aliphatic heterocycles. The van der Waals surface area contributed by atoms with E-state index in [4.69, 9.17) is 4.74 Å². The van der Waals surface area contributed by atoms with Crippen molar-refractivity contribution < 1.29 is 29.0 Å². The van der Waals surface area contributed by atoms with Crippen LogP contribution in [0.2, 0.25) is 0 Å². The molecule has 1 heterocycles. The largest absolute Gasteiger partial charge is 0.480 e. The van der Waals surface area contributed by atoms with E-state index in [1.54, 1.807) is 14.1 Å². The summed E-state index contributed by atoms with van der Waals surface area (Å²) in [5.41, 5.74) is 0. The highest BCUT2D eigenvalue weighted by Gasteiger charge is 2.32. The molecule has 0 aliphatic carbocycles. The van der Waals surface area contributed by atoms with Crippen molar-refractivity contribution in [2.45, 2.75) is 116 Å². The second-order valence-electron chi connectivity index (χ2n) is 10.8. The first-order valence-electron chi connectivity index (χ1n) is 13.9. The molecule has 0 aromatic carbocycles. The van der Waals surface area contributed by atoms with Gasteiger partial charge in [0.2, 0.25) is 11.8 Å². The number of amides is 3. The number of unbranched alkanes of at least 4 members (excludes halogenated alkanes) is 4. The highest BCUT2D eigenvalue weighted by Crippen LogP contribution is 2.19. The van der Waals surface area contributed by atoms with Gasteiger partial charge in [0, 0.05) is 20.0 Å². The Labute approximate surface area is 222 Å². The maximum Gasteiger partial charge on any atom is 0.408 e. The van der Waals surface area contributed by atoms with Gasteiger partial charge in [-0.25, -0.2) is 9.59 Å². The summed E-state index contributed by atoms with van der Waals surface area (Å²) >= 11 is 0. The third kappa shape index (κ3) is 13.5. The molecule has 4 atom stereocenters. The van der Waals surface area contributed by atoms with Gasteiger partial charge in [-0.15, -0.1) is 0 Å². The third-order valence-corrected chi connectivity index (χ3v) is 6.63. The molecule has 212 valence electrons. The Bertz CT molecular complexity index is 752. The molecule has 9 nitrogen and oxygen atoms in total. The average molecular weight is 524 g/mol. The van der Waals surface area contributed by atoms with Crippen LogP contribution in [-0.2, 0) is 19.1 Å². The van der Waals surface area contributed by atoms with Gasteiger partial charge in [0.25, 0.3) is 0 Å². The van der Waals surface area contributed by atoms with Crippen LogP contribution in [0.1, 0.15) is 97.8 Å². The number of allylic oxidation sites excluding steroid dienone is 2. The molecule has 0 saturated heterocycles. The Morgan fingerprint density at radius 2 is 1.81 bits per heavy atom. The minimum Gasteiger partial charge on any atom is -0.480 e. The van der Waals surface area contributed by atoms with E-state index in [9.17, 15) is 24.3 Å². The van der Waals surface area contributed by atoms with Crippen molar-refractivity contribution in [3.8, 4) is 0 Å². The summed E-state index contributed by atoms with van der Waals surface area (Å²) in [6, 6.07) is -2.19. The van der Waals surface area contributed by atoms with Crippen LogP contribution in [0.5, 0.6) is 0 Å². The van der Waals surface area contributed by atoms with E-state index < -0.39 is 36.0 Å². The number of ether oxygens (including phenoxy) is 1. The van der Waals surface area contributed by atoms with Crippen molar-refractivity contribution in [3.63, 3.8) is 0 Å². The lowest BCUT2D eigenvalue weighted by molar-refractivity contribution is -0.143. The predicted octanol–water partition coefficient (Wildman–Crippen LogP) is 4.65. The molecule has 37 heavy (non-hydrogen) atoms. The minimum absolute atomic E-state index is 0.0403. The zero-order valence-electron chi connectivity index (χ0n) is 23.5. The highest BCUT2D eigenvalue weighted by molar-refractivity contribution is 5.89. The molecule has 0 aromatic rings. The van der Waals surface area contributed by atoms with Gasteiger partial charge < -0.3 is 25.4 Å². The lowest BCUT2D eigenvalue weighted by Gasteiger charge is -2.26. The van der Waals surface area contributed by atoms with Crippen LogP contribution in [0.4, 0.5) is 4.79 Å². The van der Waals surface area contributed by atoms with Gasteiger partial charge in [-0.05, 0) is 57.3 Å². The third-order valence-electron chi connectivity index (χ3n) is 6.63. The number of carbonyl (C=O) groups excluding carboxylic acids is 3. The molecule has 0 aromatic heterocycles. The summed E-state index contributed by atoms with van der Waals surface area (Å²) in [5, 5.41) is 15.0. The molecule has 3 N–H and O–H groups in total. The quantitative estimate of drug-likeness (QED) is 0.283. The Kier molecular flexibility index (Phi) is 15.6. The zero-order valence-corrected chi connectivity index (χ0v) is 23.5. The van der Waals surface area contributed by atoms with Gasteiger partial charge in [-0.2, -0.15) is 0 Å². The topological polar surface area (TPSA) is 125 Å². The van der Waals surface area contributed by atoms with E-state index in [1.807, 2.05) is 26.0 Å². The maximum atomic E-state index is 13.1. The van der Waals surface area contributed by atoms with Gasteiger partial charge in [-0.3, -0.25) is 9.59 Å². The molecular weight excluding hydrogens is 474 g/mol. The number of carbonyl (C=O) groups is 4. The number of nitrogens with zero attached hydrogens (tertiary/aromatic N) is 1. The zero-order chi connectivity index (χ0) is 27.8. The van der Waals surface area contributed by atoms with Crippen molar-refractivity contribution >= 4 is 23.9 Å². The number of cyclic esters (lactones) is 1. The molecule has 3 amide bonds. The van der Waals surface area contributed by atoms with Crippen LogP contribution in [0.25, 0.3) is 0 Å². The summed E-state index contributed by atoms with van der Waals surface area (Å²) in [4.78, 5) is 52.1. The highest BCUT2D eigenvalue weighted by atomic mass is 16.6. The van der Waals surface area contributed by atoms with Gasteiger partial charge in [0.15, 0.2) is 0 Å². The van der Waals surface area contributed by atoms with Gasteiger partial charge in [0.05, 0.1) is 0 Å². The summed E-state index contributed by atoms with van der Waals surface area (Å²) in [6.07, 6.45) is 12.3. The fourth-order valence-electron chi connectivity index (χ4n) is 4.55. The number of rotatable bonds is 10. The first kappa shape index (κ1) is 32.4. The maximum absolute atomic E-state index is 13.1. The van der Waals surface area contributed by atoms with Crippen LogP contribution in [0.15, 0.2) is 12.2 Å². The second-order valence-corrected chi connectivity index (χ2v) is 10.8. The molecule has 2 unspecified atom stereocenters. The number of hydrogen-bond donors (Lipinski definition) is 3. The molecule has 9 heteroatoms. The number of carboxylic acids is 1. The predicted molar refractivity (Wildman–Crippen MR) is 144 cm³/mol. The minimum atomic E-state index is -1.26. The number of aliphatic carboxylic acids is 1. The standard InChI is InChI=1S/C28H49N3O6/c1-6-7-8-9-13-16-22-17-14-11-10-12-15-21(26(33)31(4)5)19-24(27(34)35)29-25(32)23(18-20(2)3)30-28(36)37-22/h10,12,20-24H,6-9,11,13-19H2,1-5H3,(H,29,32)(H,30,36)(H,34,35)/b12-10+/t21?,22?,23-,24-/m0/s1. The fraction of sp³-hybridized carbons (Fsp3) is 0.786. The SMILES string of the molecule is CCCCCCCC1CCC/C=C/CC(C(=O)N(C)C)C[C@@H](C(=O)O)NC(=O)[C@H](CC(C)C)NC(=O)O1. The first-order chi connectivity index (χ1) is 17.5. The van der Waals surface area contributed by atoms with Gasteiger partial charge in [0.1, 0.15) is 18.2 Å². The van der Waals surface area contributed by atoms with Gasteiger partial charge >= 0.3 is 12.1 Å². The average Bonchev–Trinajstić information content (AvgIpc) is 2.82. The Morgan fingerprint density at radius 1 is 1.11 bits per heavy atom. The summed E-state index contributed by atoms with van der Waals surface area (Å²) < 4.78 is 5.75. The lowest BCUT2D eigenvalue weighted by Crippen LogP contribution is -2.53. The summed E-state index contributed by atoms with van der Waals surface area (Å²) in [7, 11) is 3.27. The normalized spacial score (nSPS) is 25.0. The molecule has 1 aliphatic rings. The Balaban J connectivity index is 3.12. The summed E-state index contributed by atoms with van der Waals surface area (Å²) in [6.45, 7) is 6.01. The van der Waals surface area contributed by atoms with Crippen molar-refractivity contribution in [2.24, 2.45) is 11.8 Å².